The molecule has 17 heavy (non-hydrogen) atoms. The fraction of sp³-hybridized carbons (Fsp3) is 0.538. The fourth-order valence-electron chi connectivity index (χ4n) is 2.27. The first-order valence-corrected chi connectivity index (χ1v) is 7.12. The first kappa shape index (κ1) is 12.6. The molecule has 92 valence electrons. The van der Waals surface area contributed by atoms with Crippen LogP contribution in [0.3, 0.4) is 0 Å². The quantitative estimate of drug-likeness (QED) is 0.872. The number of alkyl halides is 1. The van der Waals surface area contributed by atoms with E-state index in [-0.39, 0.29) is 5.91 Å². The standard InChI is InChI=1S/C13H17BrN2O/c1-9-5-6-11(8-15-9)13(17)16-12-4-2-3-10(12)7-14/h5-6,8,10,12H,2-4,7H2,1H3,(H,16,17). The van der Waals surface area contributed by atoms with Crippen molar-refractivity contribution in [3.8, 4) is 0 Å². The van der Waals surface area contributed by atoms with Gasteiger partial charge in [-0.05, 0) is 37.8 Å². The summed E-state index contributed by atoms with van der Waals surface area (Å²) in [6, 6.07) is 4.00. The van der Waals surface area contributed by atoms with Gasteiger partial charge in [0.15, 0.2) is 0 Å². The van der Waals surface area contributed by atoms with Crippen molar-refractivity contribution in [3.63, 3.8) is 0 Å². The Morgan fingerprint density at radius 2 is 2.35 bits per heavy atom. The molecule has 1 aliphatic carbocycles. The van der Waals surface area contributed by atoms with Gasteiger partial charge in [0.05, 0.1) is 5.56 Å². The Hall–Kier alpha value is -0.900. The number of nitrogens with one attached hydrogen (secondary N) is 1. The van der Waals surface area contributed by atoms with Crippen LogP contribution in [0.1, 0.15) is 35.3 Å². The second kappa shape index (κ2) is 5.63. The maximum absolute atomic E-state index is 12.0. The number of hydrogen-bond acceptors (Lipinski definition) is 2. The van der Waals surface area contributed by atoms with Crippen molar-refractivity contribution in [2.45, 2.75) is 32.2 Å². The summed E-state index contributed by atoms with van der Waals surface area (Å²) in [7, 11) is 0. The minimum Gasteiger partial charge on any atom is -0.349 e. The van der Waals surface area contributed by atoms with Crippen LogP contribution in [0.5, 0.6) is 0 Å². The van der Waals surface area contributed by atoms with E-state index in [0.29, 0.717) is 17.5 Å². The van der Waals surface area contributed by atoms with E-state index in [0.717, 1.165) is 17.4 Å². The lowest BCUT2D eigenvalue weighted by molar-refractivity contribution is 0.0930. The van der Waals surface area contributed by atoms with Crippen LogP contribution in [0, 0.1) is 12.8 Å². The van der Waals surface area contributed by atoms with Crippen molar-refractivity contribution in [2.75, 3.05) is 5.33 Å². The number of halogens is 1. The number of pyridine rings is 1. The summed E-state index contributed by atoms with van der Waals surface area (Å²) in [6.45, 7) is 1.92. The highest BCUT2D eigenvalue weighted by molar-refractivity contribution is 9.09. The van der Waals surface area contributed by atoms with Gasteiger partial charge in [0.2, 0.25) is 0 Å². The molecule has 1 aromatic heterocycles. The normalized spacial score (nSPS) is 23.6. The topological polar surface area (TPSA) is 42.0 Å². The number of carbonyl (C=O) groups is 1. The SMILES string of the molecule is Cc1ccc(C(=O)NC2CCCC2CBr)cn1. The van der Waals surface area contributed by atoms with Gasteiger partial charge in [-0.1, -0.05) is 22.4 Å². The lowest BCUT2D eigenvalue weighted by Crippen LogP contribution is -2.37. The molecule has 2 rings (SSSR count). The van der Waals surface area contributed by atoms with Gasteiger partial charge in [0.1, 0.15) is 0 Å². The molecular formula is C13H17BrN2O. The number of aromatic nitrogens is 1. The van der Waals surface area contributed by atoms with Crippen LogP contribution in [0.4, 0.5) is 0 Å². The Morgan fingerprint density at radius 1 is 1.53 bits per heavy atom. The van der Waals surface area contributed by atoms with Gasteiger partial charge in [-0.15, -0.1) is 0 Å². The first-order chi connectivity index (χ1) is 8.20. The largest absolute Gasteiger partial charge is 0.349 e. The highest BCUT2D eigenvalue weighted by Gasteiger charge is 2.27. The molecule has 1 heterocycles. The van der Waals surface area contributed by atoms with Crippen molar-refractivity contribution in [2.24, 2.45) is 5.92 Å². The highest BCUT2D eigenvalue weighted by Crippen LogP contribution is 2.27. The van der Waals surface area contributed by atoms with Crippen LogP contribution in [0.2, 0.25) is 0 Å². The van der Waals surface area contributed by atoms with E-state index in [1.807, 2.05) is 19.1 Å². The van der Waals surface area contributed by atoms with E-state index in [2.05, 4.69) is 26.2 Å². The molecule has 0 spiro atoms. The summed E-state index contributed by atoms with van der Waals surface area (Å²) in [5, 5.41) is 4.07. The summed E-state index contributed by atoms with van der Waals surface area (Å²) >= 11 is 3.51. The van der Waals surface area contributed by atoms with E-state index < -0.39 is 0 Å². The van der Waals surface area contributed by atoms with Gasteiger partial charge in [-0.2, -0.15) is 0 Å². The lowest BCUT2D eigenvalue weighted by Gasteiger charge is -2.18. The van der Waals surface area contributed by atoms with Gasteiger partial charge in [0.25, 0.3) is 5.91 Å². The highest BCUT2D eigenvalue weighted by atomic mass is 79.9. The molecule has 3 nitrogen and oxygen atoms in total. The monoisotopic (exact) mass is 296 g/mol. The lowest BCUT2D eigenvalue weighted by atomic mass is 10.1. The van der Waals surface area contributed by atoms with Gasteiger partial charge < -0.3 is 5.32 Å². The predicted molar refractivity (Wildman–Crippen MR) is 71.4 cm³/mol. The molecule has 1 aliphatic rings. The van der Waals surface area contributed by atoms with E-state index >= 15 is 0 Å². The van der Waals surface area contributed by atoms with E-state index in [1.54, 1.807) is 6.20 Å². The summed E-state index contributed by atoms with van der Waals surface area (Å²) < 4.78 is 0. The maximum Gasteiger partial charge on any atom is 0.253 e. The van der Waals surface area contributed by atoms with Crippen LogP contribution >= 0.6 is 15.9 Å². The maximum atomic E-state index is 12.0. The van der Waals surface area contributed by atoms with Crippen molar-refractivity contribution in [3.05, 3.63) is 29.6 Å². The molecule has 1 N–H and O–H groups in total. The third kappa shape index (κ3) is 3.06. The molecule has 4 heteroatoms. The Kier molecular flexibility index (Phi) is 4.15. The zero-order valence-electron chi connectivity index (χ0n) is 9.95. The fourth-order valence-corrected chi connectivity index (χ4v) is 3.04. The first-order valence-electron chi connectivity index (χ1n) is 6.00. The van der Waals surface area contributed by atoms with E-state index in [4.69, 9.17) is 0 Å². The number of amides is 1. The average Bonchev–Trinajstić information content (AvgIpc) is 2.77. The van der Waals surface area contributed by atoms with Crippen molar-refractivity contribution < 1.29 is 4.79 Å². The van der Waals surface area contributed by atoms with Crippen LogP contribution in [-0.4, -0.2) is 22.3 Å². The molecule has 1 saturated carbocycles. The van der Waals surface area contributed by atoms with E-state index in [1.165, 1.54) is 12.8 Å². The molecule has 0 saturated heterocycles. The molecular weight excluding hydrogens is 280 g/mol. The second-order valence-electron chi connectivity index (χ2n) is 4.61. The van der Waals surface area contributed by atoms with Gasteiger partial charge in [0, 0.05) is 23.3 Å². The van der Waals surface area contributed by atoms with E-state index in [9.17, 15) is 4.79 Å². The molecule has 2 atom stereocenters. The zero-order valence-corrected chi connectivity index (χ0v) is 11.5. The predicted octanol–water partition coefficient (Wildman–Crippen LogP) is 2.68. The number of nitrogens with zero attached hydrogens (tertiary/aromatic N) is 1. The third-order valence-electron chi connectivity index (χ3n) is 3.35. The molecule has 0 radical (unpaired) electrons. The Balaban J connectivity index is 1.99. The van der Waals surface area contributed by atoms with Crippen LogP contribution in [0.15, 0.2) is 18.3 Å². The van der Waals surface area contributed by atoms with Crippen molar-refractivity contribution in [1.29, 1.82) is 0 Å². The molecule has 0 aliphatic heterocycles. The molecule has 1 fully saturated rings. The Bertz CT molecular complexity index is 391. The van der Waals surface area contributed by atoms with Gasteiger partial charge in [-0.3, -0.25) is 9.78 Å². The number of aryl methyl sites for hydroxylation is 1. The molecule has 1 aromatic rings. The zero-order chi connectivity index (χ0) is 12.3. The molecule has 2 unspecified atom stereocenters. The number of carbonyl (C=O) groups excluding carboxylic acids is 1. The molecule has 0 bridgehead atoms. The third-order valence-corrected chi connectivity index (χ3v) is 4.18. The summed E-state index contributed by atoms with van der Waals surface area (Å²) in [4.78, 5) is 16.2. The number of hydrogen-bond donors (Lipinski definition) is 1. The average molecular weight is 297 g/mol. The number of rotatable bonds is 3. The smallest absolute Gasteiger partial charge is 0.253 e. The molecule has 0 aromatic carbocycles. The molecule has 1 amide bonds. The Labute approximate surface area is 110 Å². The van der Waals surface area contributed by atoms with Crippen LogP contribution in [-0.2, 0) is 0 Å². The summed E-state index contributed by atoms with van der Waals surface area (Å²) in [5.41, 5.74) is 1.58. The van der Waals surface area contributed by atoms with Crippen LogP contribution in [0.25, 0.3) is 0 Å². The van der Waals surface area contributed by atoms with Gasteiger partial charge in [-0.25, -0.2) is 0 Å². The Morgan fingerprint density at radius 3 is 3.00 bits per heavy atom. The second-order valence-corrected chi connectivity index (χ2v) is 5.26. The minimum atomic E-state index is -0.00431. The summed E-state index contributed by atoms with van der Waals surface area (Å²) in [6.07, 6.45) is 5.12. The van der Waals surface area contributed by atoms with Crippen molar-refractivity contribution >= 4 is 21.8 Å². The van der Waals surface area contributed by atoms with Crippen molar-refractivity contribution in [1.82, 2.24) is 10.3 Å². The van der Waals surface area contributed by atoms with Crippen LogP contribution < -0.4 is 5.32 Å². The minimum absolute atomic E-state index is 0.00431. The van der Waals surface area contributed by atoms with Gasteiger partial charge >= 0.3 is 0 Å². The summed E-state index contributed by atoms with van der Waals surface area (Å²) in [5.74, 6) is 0.563.